The van der Waals surface area contributed by atoms with Crippen LogP contribution in [0.1, 0.15) is 46.5 Å². The van der Waals surface area contributed by atoms with Crippen molar-refractivity contribution in [1.82, 2.24) is 10.2 Å². The van der Waals surface area contributed by atoms with Crippen molar-refractivity contribution in [3.8, 4) is 0 Å². The summed E-state index contributed by atoms with van der Waals surface area (Å²) in [6, 6.07) is 0.106. The van der Waals surface area contributed by atoms with Crippen LogP contribution in [0.5, 0.6) is 0 Å². The lowest BCUT2D eigenvalue weighted by molar-refractivity contribution is -0.133. The number of nitrogens with zero attached hydrogens (tertiary/aromatic N) is 1. The number of nitrogens with one attached hydrogen (secondary N) is 1. The smallest absolute Gasteiger partial charge is 0.239 e. The average Bonchev–Trinajstić information content (AvgIpc) is 2.64. The second-order valence-electron chi connectivity index (χ2n) is 5.19. The van der Waals surface area contributed by atoms with Crippen molar-refractivity contribution in [2.45, 2.75) is 58.5 Å². The van der Waals surface area contributed by atoms with E-state index < -0.39 is 0 Å². The highest BCUT2D eigenvalue weighted by atomic mass is 16.5. The van der Waals surface area contributed by atoms with Gasteiger partial charge >= 0.3 is 0 Å². The number of amides is 1. The molecule has 1 rings (SSSR count). The molecule has 4 heteroatoms. The molecule has 0 aliphatic carbocycles. The summed E-state index contributed by atoms with van der Waals surface area (Å²) in [7, 11) is 0. The lowest BCUT2D eigenvalue weighted by atomic mass is 10.2. The summed E-state index contributed by atoms with van der Waals surface area (Å²) in [5.74, 6) is 0.236. The maximum Gasteiger partial charge on any atom is 0.239 e. The Hall–Kier alpha value is -0.610. The van der Waals surface area contributed by atoms with Crippen LogP contribution in [0.15, 0.2) is 0 Å². The van der Waals surface area contributed by atoms with Gasteiger partial charge in [0.1, 0.15) is 0 Å². The minimum absolute atomic E-state index is 0.112. The highest BCUT2D eigenvalue weighted by molar-refractivity contribution is 5.81. The van der Waals surface area contributed by atoms with Crippen molar-refractivity contribution in [2.75, 3.05) is 26.3 Å². The number of rotatable bonds is 6. The van der Waals surface area contributed by atoms with E-state index >= 15 is 0 Å². The number of likely N-dealkylation sites (tertiary alicyclic amines) is 1. The van der Waals surface area contributed by atoms with E-state index in [0.717, 1.165) is 32.5 Å². The Kier molecular flexibility index (Phi) is 7.28. The van der Waals surface area contributed by atoms with E-state index in [9.17, 15) is 4.79 Å². The van der Waals surface area contributed by atoms with Gasteiger partial charge in [-0.25, -0.2) is 0 Å². The fourth-order valence-electron chi connectivity index (χ4n) is 2.41. The van der Waals surface area contributed by atoms with E-state index in [1.54, 1.807) is 0 Å². The summed E-state index contributed by atoms with van der Waals surface area (Å²) in [5.41, 5.74) is 0. The molecule has 0 spiro atoms. The molecule has 0 aromatic heterocycles. The molecule has 1 heterocycles. The van der Waals surface area contributed by atoms with Crippen molar-refractivity contribution < 1.29 is 9.53 Å². The van der Waals surface area contributed by atoms with E-state index in [2.05, 4.69) is 12.2 Å². The third-order valence-corrected chi connectivity index (χ3v) is 3.39. The molecular weight excluding hydrogens is 228 g/mol. The van der Waals surface area contributed by atoms with Crippen LogP contribution in [0, 0.1) is 0 Å². The van der Waals surface area contributed by atoms with E-state index in [4.69, 9.17) is 4.74 Å². The zero-order chi connectivity index (χ0) is 13.4. The Morgan fingerprint density at radius 1 is 1.22 bits per heavy atom. The molecular formula is C14H28N2O2. The van der Waals surface area contributed by atoms with Gasteiger partial charge in [0.05, 0.1) is 12.6 Å². The molecule has 0 saturated carbocycles. The average molecular weight is 256 g/mol. The summed E-state index contributed by atoms with van der Waals surface area (Å²) in [4.78, 5) is 14.3. The highest BCUT2D eigenvalue weighted by Gasteiger charge is 2.22. The van der Waals surface area contributed by atoms with Crippen LogP contribution in [0.3, 0.4) is 0 Å². The largest absolute Gasteiger partial charge is 0.380 e. The number of hydrogen-bond acceptors (Lipinski definition) is 3. The van der Waals surface area contributed by atoms with Gasteiger partial charge in [-0.2, -0.15) is 0 Å². The van der Waals surface area contributed by atoms with Gasteiger partial charge in [-0.1, -0.05) is 12.8 Å². The van der Waals surface area contributed by atoms with Crippen LogP contribution in [0.25, 0.3) is 0 Å². The van der Waals surface area contributed by atoms with Crippen molar-refractivity contribution in [3.05, 3.63) is 0 Å². The van der Waals surface area contributed by atoms with Gasteiger partial charge in [-0.05, 0) is 33.6 Å². The molecule has 2 unspecified atom stereocenters. The standard InChI is InChI=1S/C14H28N2O2/c1-4-18-11-12(2)15-13(3)14(17)16-9-7-5-6-8-10-16/h12-13,15H,4-11H2,1-3H3. The van der Waals surface area contributed by atoms with Crippen LogP contribution in [0.4, 0.5) is 0 Å². The molecule has 1 aliphatic heterocycles. The minimum Gasteiger partial charge on any atom is -0.380 e. The molecule has 18 heavy (non-hydrogen) atoms. The van der Waals surface area contributed by atoms with Crippen LogP contribution in [-0.4, -0.2) is 49.2 Å². The maximum atomic E-state index is 12.3. The first-order chi connectivity index (χ1) is 8.65. The normalized spacial score (nSPS) is 20.3. The fourth-order valence-corrected chi connectivity index (χ4v) is 2.41. The van der Waals surface area contributed by atoms with Crippen molar-refractivity contribution in [2.24, 2.45) is 0 Å². The molecule has 2 atom stereocenters. The molecule has 0 aromatic rings. The molecule has 0 aromatic carbocycles. The first kappa shape index (κ1) is 15.4. The van der Waals surface area contributed by atoms with Gasteiger partial charge in [0.25, 0.3) is 0 Å². The van der Waals surface area contributed by atoms with E-state index in [1.807, 2.05) is 18.7 Å². The lowest BCUT2D eigenvalue weighted by Crippen LogP contribution is -2.49. The van der Waals surface area contributed by atoms with Crippen molar-refractivity contribution >= 4 is 5.91 Å². The summed E-state index contributed by atoms with van der Waals surface area (Å²) >= 11 is 0. The lowest BCUT2D eigenvalue weighted by Gasteiger charge is -2.26. The molecule has 1 amide bonds. The molecule has 0 bridgehead atoms. The molecule has 0 radical (unpaired) electrons. The predicted octanol–water partition coefficient (Wildman–Crippen LogP) is 1.79. The Morgan fingerprint density at radius 2 is 1.83 bits per heavy atom. The Morgan fingerprint density at radius 3 is 2.39 bits per heavy atom. The Bertz CT molecular complexity index is 238. The number of ether oxygens (including phenoxy) is 1. The van der Waals surface area contributed by atoms with E-state index in [-0.39, 0.29) is 18.0 Å². The molecule has 106 valence electrons. The molecule has 4 nitrogen and oxygen atoms in total. The summed E-state index contributed by atoms with van der Waals surface area (Å²) in [6.45, 7) is 9.22. The topological polar surface area (TPSA) is 41.6 Å². The minimum atomic E-state index is -0.112. The van der Waals surface area contributed by atoms with Crippen LogP contribution in [-0.2, 0) is 9.53 Å². The van der Waals surface area contributed by atoms with E-state index in [0.29, 0.717) is 6.61 Å². The molecule has 1 fully saturated rings. The van der Waals surface area contributed by atoms with Gasteiger partial charge in [0.2, 0.25) is 5.91 Å². The maximum absolute atomic E-state index is 12.3. The third-order valence-electron chi connectivity index (χ3n) is 3.39. The summed E-state index contributed by atoms with van der Waals surface area (Å²) in [5, 5.41) is 3.32. The van der Waals surface area contributed by atoms with Gasteiger partial charge in [-0.15, -0.1) is 0 Å². The summed E-state index contributed by atoms with van der Waals surface area (Å²) < 4.78 is 5.35. The SMILES string of the molecule is CCOCC(C)NC(C)C(=O)N1CCCCCC1. The fraction of sp³-hybridized carbons (Fsp3) is 0.929. The van der Waals surface area contributed by atoms with Gasteiger partial charge in [0.15, 0.2) is 0 Å². The molecule has 1 aliphatic rings. The Balaban J connectivity index is 2.34. The molecule has 1 N–H and O–H groups in total. The monoisotopic (exact) mass is 256 g/mol. The molecule has 1 saturated heterocycles. The Labute approximate surface area is 111 Å². The van der Waals surface area contributed by atoms with Crippen LogP contribution in [0.2, 0.25) is 0 Å². The van der Waals surface area contributed by atoms with Crippen molar-refractivity contribution in [1.29, 1.82) is 0 Å². The quantitative estimate of drug-likeness (QED) is 0.788. The second-order valence-corrected chi connectivity index (χ2v) is 5.19. The highest BCUT2D eigenvalue weighted by Crippen LogP contribution is 2.10. The van der Waals surface area contributed by atoms with Crippen molar-refractivity contribution in [3.63, 3.8) is 0 Å². The zero-order valence-electron chi connectivity index (χ0n) is 12.1. The first-order valence-electron chi connectivity index (χ1n) is 7.27. The van der Waals surface area contributed by atoms with Crippen LogP contribution >= 0.6 is 0 Å². The third kappa shape index (κ3) is 5.36. The zero-order valence-corrected chi connectivity index (χ0v) is 12.1. The number of carbonyl (C=O) groups excluding carboxylic acids is 1. The number of hydrogen-bond donors (Lipinski definition) is 1. The summed E-state index contributed by atoms with van der Waals surface area (Å²) in [6.07, 6.45) is 4.80. The van der Waals surface area contributed by atoms with E-state index in [1.165, 1.54) is 12.8 Å². The van der Waals surface area contributed by atoms with Gasteiger partial charge in [0, 0.05) is 25.7 Å². The number of carbonyl (C=O) groups is 1. The second kappa shape index (κ2) is 8.48. The van der Waals surface area contributed by atoms with Gasteiger partial charge in [-0.3, -0.25) is 4.79 Å². The predicted molar refractivity (Wildman–Crippen MR) is 73.6 cm³/mol. The first-order valence-corrected chi connectivity index (χ1v) is 7.27. The van der Waals surface area contributed by atoms with Gasteiger partial charge < -0.3 is 15.0 Å². The van der Waals surface area contributed by atoms with Crippen LogP contribution < -0.4 is 5.32 Å².